The number of carbonyl (C=O) groups is 1. The van der Waals surface area contributed by atoms with Crippen molar-refractivity contribution in [2.75, 3.05) is 25.5 Å². The second kappa shape index (κ2) is 11.0. The van der Waals surface area contributed by atoms with E-state index in [-0.39, 0.29) is 11.8 Å². The van der Waals surface area contributed by atoms with Crippen LogP contribution in [0.25, 0.3) is 11.4 Å². The molecule has 0 saturated heterocycles. The van der Waals surface area contributed by atoms with Gasteiger partial charge in [0.1, 0.15) is 5.82 Å². The first-order valence-corrected chi connectivity index (χ1v) is 10.7. The van der Waals surface area contributed by atoms with E-state index in [0.717, 1.165) is 41.5 Å². The third-order valence-corrected chi connectivity index (χ3v) is 5.11. The van der Waals surface area contributed by atoms with Crippen molar-refractivity contribution in [2.45, 2.75) is 19.4 Å². The predicted octanol–water partition coefficient (Wildman–Crippen LogP) is 3.81. The number of aromatic nitrogens is 4. The summed E-state index contributed by atoms with van der Waals surface area (Å²) in [5.74, 6) is 0.384. The van der Waals surface area contributed by atoms with Gasteiger partial charge in [-0.25, -0.2) is 13.9 Å². The fraction of sp³-hybridized carbons (Fsp3) is 0.333. The van der Waals surface area contributed by atoms with Gasteiger partial charge in [-0.1, -0.05) is 28.1 Å². The number of rotatable bonds is 9. The SMILES string of the molecule is CN(CCCCNC(=O)Nc1cc(Br)cc(-c2nnnn2C)c1)Cc1ccc(F)cc1. The van der Waals surface area contributed by atoms with Crippen LogP contribution in [-0.4, -0.2) is 51.3 Å². The highest BCUT2D eigenvalue weighted by atomic mass is 79.9. The van der Waals surface area contributed by atoms with Gasteiger partial charge in [0, 0.05) is 35.9 Å². The van der Waals surface area contributed by atoms with Gasteiger partial charge in [-0.2, -0.15) is 0 Å². The summed E-state index contributed by atoms with van der Waals surface area (Å²) in [4.78, 5) is 14.4. The molecule has 8 nitrogen and oxygen atoms in total. The maximum atomic E-state index is 13.0. The van der Waals surface area contributed by atoms with Gasteiger partial charge in [-0.3, -0.25) is 0 Å². The molecule has 164 valence electrons. The number of nitrogens with zero attached hydrogens (tertiary/aromatic N) is 5. The lowest BCUT2D eigenvalue weighted by Gasteiger charge is -2.16. The molecule has 31 heavy (non-hydrogen) atoms. The first-order chi connectivity index (χ1) is 14.9. The zero-order valence-corrected chi connectivity index (χ0v) is 19.1. The molecule has 0 atom stereocenters. The van der Waals surface area contributed by atoms with Gasteiger partial charge < -0.3 is 15.5 Å². The van der Waals surface area contributed by atoms with Crippen molar-refractivity contribution in [1.82, 2.24) is 30.4 Å². The fourth-order valence-corrected chi connectivity index (χ4v) is 3.62. The second-order valence-electron chi connectivity index (χ2n) is 7.31. The molecule has 0 unspecified atom stereocenters. The second-order valence-corrected chi connectivity index (χ2v) is 8.22. The average Bonchev–Trinajstić information content (AvgIpc) is 3.15. The zero-order chi connectivity index (χ0) is 22.2. The number of aryl methyl sites for hydroxylation is 1. The largest absolute Gasteiger partial charge is 0.338 e. The van der Waals surface area contributed by atoms with Gasteiger partial charge in [-0.15, -0.1) is 5.10 Å². The van der Waals surface area contributed by atoms with E-state index in [1.165, 1.54) is 12.1 Å². The topological polar surface area (TPSA) is 88.0 Å². The number of anilines is 1. The molecule has 1 aromatic heterocycles. The highest BCUT2D eigenvalue weighted by Gasteiger charge is 2.10. The Balaban J connectivity index is 1.39. The number of urea groups is 1. The van der Waals surface area contributed by atoms with Gasteiger partial charge in [0.15, 0.2) is 5.82 Å². The molecule has 0 saturated carbocycles. The molecule has 0 spiro atoms. The number of amides is 2. The maximum Gasteiger partial charge on any atom is 0.319 e. The van der Waals surface area contributed by atoms with E-state index in [1.807, 2.05) is 25.2 Å². The van der Waals surface area contributed by atoms with Gasteiger partial charge in [0.2, 0.25) is 0 Å². The summed E-state index contributed by atoms with van der Waals surface area (Å²) in [5, 5.41) is 17.2. The Bertz CT molecular complexity index is 1010. The molecule has 2 amide bonds. The average molecular weight is 490 g/mol. The summed E-state index contributed by atoms with van der Waals surface area (Å²) in [7, 11) is 3.79. The van der Waals surface area contributed by atoms with Crippen molar-refractivity contribution in [1.29, 1.82) is 0 Å². The van der Waals surface area contributed by atoms with Crippen molar-refractivity contribution in [2.24, 2.45) is 7.05 Å². The maximum absolute atomic E-state index is 13.0. The molecular formula is C21H25BrFN7O. The molecule has 0 aliphatic carbocycles. The van der Waals surface area contributed by atoms with E-state index >= 15 is 0 Å². The van der Waals surface area contributed by atoms with Crippen molar-refractivity contribution in [3.63, 3.8) is 0 Å². The third kappa shape index (κ3) is 7.11. The number of tetrazole rings is 1. The van der Waals surface area contributed by atoms with Crippen molar-refractivity contribution in [3.05, 3.63) is 58.3 Å². The molecule has 2 aromatic carbocycles. The monoisotopic (exact) mass is 489 g/mol. The molecule has 3 rings (SSSR count). The Morgan fingerprint density at radius 3 is 2.68 bits per heavy atom. The lowest BCUT2D eigenvalue weighted by atomic mass is 10.2. The number of unbranched alkanes of at least 4 members (excludes halogenated alkanes) is 1. The minimum absolute atomic E-state index is 0.222. The van der Waals surface area contributed by atoms with Crippen LogP contribution in [0.4, 0.5) is 14.9 Å². The summed E-state index contributed by atoms with van der Waals surface area (Å²) >= 11 is 3.45. The minimum atomic E-state index is -0.264. The summed E-state index contributed by atoms with van der Waals surface area (Å²) < 4.78 is 15.4. The molecule has 0 aliphatic heterocycles. The Labute approximate surface area is 189 Å². The highest BCUT2D eigenvalue weighted by molar-refractivity contribution is 9.10. The van der Waals surface area contributed by atoms with Crippen molar-refractivity contribution in [3.8, 4) is 11.4 Å². The number of nitrogens with one attached hydrogen (secondary N) is 2. The van der Waals surface area contributed by atoms with E-state index in [0.29, 0.717) is 18.1 Å². The Morgan fingerprint density at radius 1 is 1.19 bits per heavy atom. The molecule has 0 bridgehead atoms. The quantitative estimate of drug-likeness (QED) is 0.446. The van der Waals surface area contributed by atoms with Crippen molar-refractivity contribution >= 4 is 27.6 Å². The molecule has 0 fully saturated rings. The number of halogens is 2. The van der Waals surface area contributed by atoms with Gasteiger partial charge in [0.25, 0.3) is 0 Å². The van der Waals surface area contributed by atoms with E-state index in [9.17, 15) is 9.18 Å². The van der Waals surface area contributed by atoms with Crippen LogP contribution >= 0.6 is 15.9 Å². The van der Waals surface area contributed by atoms with E-state index < -0.39 is 0 Å². The fourth-order valence-electron chi connectivity index (χ4n) is 3.13. The number of hydrogen-bond acceptors (Lipinski definition) is 5. The summed E-state index contributed by atoms with van der Waals surface area (Å²) in [6.45, 7) is 2.23. The Kier molecular flexibility index (Phi) is 8.07. The zero-order valence-electron chi connectivity index (χ0n) is 17.5. The van der Waals surface area contributed by atoms with Gasteiger partial charge in [-0.05, 0) is 72.8 Å². The molecule has 0 aliphatic rings. The summed E-state index contributed by atoms with van der Waals surface area (Å²) in [6, 6.07) is 11.8. The smallest absolute Gasteiger partial charge is 0.319 e. The Morgan fingerprint density at radius 2 is 1.97 bits per heavy atom. The van der Waals surface area contributed by atoms with E-state index in [1.54, 1.807) is 23.9 Å². The van der Waals surface area contributed by atoms with Gasteiger partial charge >= 0.3 is 6.03 Å². The molecule has 3 aromatic rings. The van der Waals surface area contributed by atoms with Crippen LogP contribution in [0.1, 0.15) is 18.4 Å². The third-order valence-electron chi connectivity index (χ3n) is 4.65. The van der Waals surface area contributed by atoms with Crippen LogP contribution in [-0.2, 0) is 13.6 Å². The standard InChI is InChI=1S/C21H25BrFN7O/c1-29(14-15-5-7-18(23)8-6-15)10-4-3-9-24-21(31)25-19-12-16(11-17(22)13-19)20-26-27-28-30(20)2/h5-8,11-13H,3-4,9-10,14H2,1-2H3,(H2,24,25,31). The van der Waals surface area contributed by atoms with Crippen LogP contribution in [0.3, 0.4) is 0 Å². The summed E-state index contributed by atoms with van der Waals surface area (Å²) in [5.41, 5.74) is 2.51. The molecule has 0 radical (unpaired) electrons. The lowest BCUT2D eigenvalue weighted by molar-refractivity contribution is 0.251. The van der Waals surface area contributed by atoms with Crippen LogP contribution in [0, 0.1) is 5.82 Å². The van der Waals surface area contributed by atoms with Crippen LogP contribution in [0.2, 0.25) is 0 Å². The number of hydrogen-bond donors (Lipinski definition) is 2. The number of benzene rings is 2. The van der Waals surface area contributed by atoms with Gasteiger partial charge in [0.05, 0.1) is 0 Å². The Hall–Kier alpha value is -2.85. The van der Waals surface area contributed by atoms with Crippen LogP contribution in [0.5, 0.6) is 0 Å². The van der Waals surface area contributed by atoms with E-state index in [2.05, 4.69) is 47.0 Å². The van der Waals surface area contributed by atoms with E-state index in [4.69, 9.17) is 0 Å². The van der Waals surface area contributed by atoms with Crippen LogP contribution in [0.15, 0.2) is 46.9 Å². The molecule has 10 heteroatoms. The number of carbonyl (C=O) groups excluding carboxylic acids is 1. The molecular weight excluding hydrogens is 465 g/mol. The molecule has 1 heterocycles. The first-order valence-electron chi connectivity index (χ1n) is 9.92. The minimum Gasteiger partial charge on any atom is -0.338 e. The first kappa shape index (κ1) is 22.8. The predicted molar refractivity (Wildman–Crippen MR) is 121 cm³/mol. The lowest BCUT2D eigenvalue weighted by Crippen LogP contribution is -2.30. The van der Waals surface area contributed by atoms with Crippen molar-refractivity contribution < 1.29 is 9.18 Å². The van der Waals surface area contributed by atoms with Crippen LogP contribution < -0.4 is 10.6 Å². The normalized spacial score (nSPS) is 11.0. The summed E-state index contributed by atoms with van der Waals surface area (Å²) in [6.07, 6.45) is 1.80. The highest BCUT2D eigenvalue weighted by Crippen LogP contribution is 2.25. The molecule has 2 N–H and O–H groups in total.